The number of terminal acetylenes is 1. The first-order valence-electron chi connectivity index (χ1n) is 16.0. The minimum atomic E-state index is -0.724. The number of aromatic hydroxyl groups is 1. The lowest BCUT2D eigenvalue weighted by Crippen LogP contribution is -2.51. The zero-order valence-corrected chi connectivity index (χ0v) is 26.0. The highest BCUT2D eigenvalue weighted by molar-refractivity contribution is 6.35. The van der Waals surface area contributed by atoms with Gasteiger partial charge in [0.2, 0.25) is 0 Å². The summed E-state index contributed by atoms with van der Waals surface area (Å²) in [4.78, 5) is 14.1. The average molecular weight is 646 g/mol. The molecule has 1 aromatic heterocycles. The fourth-order valence-electron chi connectivity index (χ4n) is 7.93. The van der Waals surface area contributed by atoms with Crippen molar-refractivity contribution in [3.63, 3.8) is 0 Å². The lowest BCUT2D eigenvalue weighted by molar-refractivity contribution is -0.0161. The van der Waals surface area contributed by atoms with Crippen molar-refractivity contribution >= 4 is 39.1 Å². The highest BCUT2D eigenvalue weighted by atomic mass is 35.5. The Morgan fingerprint density at radius 1 is 1.07 bits per heavy atom. The molecule has 0 aliphatic carbocycles. The first-order valence-corrected chi connectivity index (χ1v) is 16.3. The fourth-order valence-corrected chi connectivity index (χ4v) is 8.23. The summed E-state index contributed by atoms with van der Waals surface area (Å²) in [6, 6.07) is 8.81. The molecule has 4 aliphatic rings. The van der Waals surface area contributed by atoms with Gasteiger partial charge in [0.1, 0.15) is 22.9 Å². The molecule has 0 saturated carbocycles. The maximum Gasteiger partial charge on any atom is 0.319 e. The minimum Gasteiger partial charge on any atom is -0.508 e. The Morgan fingerprint density at radius 2 is 1.83 bits per heavy atom. The number of ether oxygens (including phenoxy) is 2. The predicted molar refractivity (Wildman–Crippen MR) is 174 cm³/mol. The summed E-state index contributed by atoms with van der Waals surface area (Å²) in [5.74, 6) is 1.47. The number of halogens is 3. The highest BCUT2D eigenvalue weighted by Crippen LogP contribution is 2.44. The maximum atomic E-state index is 16.9. The SMILES string of the molecule is C#Cc1c(F)ccc2cc(O)cc(-c3c(Cl)cc4c(N5CC6CCC(C5)N6)nc(OCCCN5C6CCC5COC6)nc4c3F)c12. The molecule has 8 rings (SSSR count). The van der Waals surface area contributed by atoms with Crippen molar-refractivity contribution < 1.29 is 23.4 Å². The third-order valence-electron chi connectivity index (χ3n) is 10.0. The molecule has 4 fully saturated rings. The summed E-state index contributed by atoms with van der Waals surface area (Å²) in [5.41, 5.74) is 0.137. The van der Waals surface area contributed by atoms with E-state index in [0.717, 1.165) is 51.9 Å². The zero-order valence-electron chi connectivity index (χ0n) is 25.2. The maximum absolute atomic E-state index is 16.9. The number of nitrogens with one attached hydrogen (secondary N) is 1. The number of benzene rings is 3. The Bertz CT molecular complexity index is 1870. The second-order valence-corrected chi connectivity index (χ2v) is 13.2. The molecule has 3 aromatic carbocycles. The van der Waals surface area contributed by atoms with E-state index in [-0.39, 0.29) is 44.4 Å². The second-order valence-electron chi connectivity index (χ2n) is 12.8. The van der Waals surface area contributed by atoms with Crippen molar-refractivity contribution in [2.45, 2.75) is 56.3 Å². The van der Waals surface area contributed by atoms with E-state index in [9.17, 15) is 9.50 Å². The molecule has 2 N–H and O–H groups in total. The van der Waals surface area contributed by atoms with Crippen LogP contribution in [0.5, 0.6) is 11.8 Å². The van der Waals surface area contributed by atoms with Gasteiger partial charge in [-0.3, -0.25) is 4.90 Å². The standard InChI is InChI=1S/C35H34ClF2N5O3/c1-2-25-29(37)9-4-19-12-24(44)13-26(30(19)25)31-28(36)14-27-33(32(31)38)40-35(41-34(27)42-15-20-5-6-21(16-42)39-20)46-11-3-10-43-22-7-8-23(43)18-45-17-22/h1,4,9,12-14,20-23,39,44H,3,5-8,10-11,15-18H2. The number of anilines is 1. The number of aromatic nitrogens is 2. The van der Waals surface area contributed by atoms with Gasteiger partial charge in [-0.1, -0.05) is 23.6 Å². The minimum absolute atomic E-state index is 0.0315. The van der Waals surface area contributed by atoms with Gasteiger partial charge in [0, 0.05) is 60.1 Å². The van der Waals surface area contributed by atoms with E-state index in [0.29, 0.717) is 60.5 Å². The zero-order chi connectivity index (χ0) is 31.5. The van der Waals surface area contributed by atoms with Crippen LogP contribution >= 0.6 is 11.6 Å². The summed E-state index contributed by atoms with van der Waals surface area (Å²) in [6.07, 6.45) is 10.9. The number of rotatable bonds is 7. The summed E-state index contributed by atoms with van der Waals surface area (Å²) >= 11 is 6.86. The lowest BCUT2D eigenvalue weighted by atomic mass is 9.93. The van der Waals surface area contributed by atoms with Gasteiger partial charge in [-0.2, -0.15) is 9.97 Å². The number of nitrogens with zero attached hydrogens (tertiary/aromatic N) is 4. The van der Waals surface area contributed by atoms with Gasteiger partial charge in [0.15, 0.2) is 5.82 Å². The van der Waals surface area contributed by atoms with Crippen LogP contribution in [0.25, 0.3) is 32.8 Å². The number of hydrogen-bond donors (Lipinski definition) is 2. The van der Waals surface area contributed by atoms with Crippen molar-refractivity contribution in [2.24, 2.45) is 0 Å². The van der Waals surface area contributed by atoms with Crippen molar-refractivity contribution in [1.29, 1.82) is 0 Å². The monoisotopic (exact) mass is 645 g/mol. The van der Waals surface area contributed by atoms with Crippen LogP contribution in [0, 0.1) is 24.0 Å². The quantitative estimate of drug-likeness (QED) is 0.197. The van der Waals surface area contributed by atoms with Gasteiger partial charge in [-0.25, -0.2) is 8.78 Å². The van der Waals surface area contributed by atoms with Crippen LogP contribution in [0.15, 0.2) is 30.3 Å². The van der Waals surface area contributed by atoms with E-state index in [1.165, 1.54) is 24.3 Å². The molecule has 4 unspecified atom stereocenters. The molecule has 4 atom stereocenters. The largest absolute Gasteiger partial charge is 0.508 e. The molecule has 0 amide bonds. The molecule has 4 saturated heterocycles. The third kappa shape index (κ3) is 5.10. The molecular formula is C35H34ClF2N5O3. The first-order chi connectivity index (χ1) is 22.4. The number of hydrogen-bond acceptors (Lipinski definition) is 8. The molecule has 4 bridgehead atoms. The summed E-state index contributed by atoms with van der Waals surface area (Å²) in [7, 11) is 0. The Balaban J connectivity index is 1.21. The van der Waals surface area contributed by atoms with Crippen LogP contribution < -0.4 is 15.0 Å². The van der Waals surface area contributed by atoms with Gasteiger partial charge in [0.05, 0.1) is 30.4 Å². The molecule has 0 spiro atoms. The van der Waals surface area contributed by atoms with Crippen molar-refractivity contribution in [3.8, 4) is 35.2 Å². The Kier molecular flexibility index (Phi) is 7.60. The Morgan fingerprint density at radius 3 is 2.57 bits per heavy atom. The molecular weight excluding hydrogens is 612 g/mol. The molecule has 4 aromatic rings. The van der Waals surface area contributed by atoms with E-state index in [1.54, 1.807) is 6.07 Å². The van der Waals surface area contributed by atoms with E-state index < -0.39 is 11.6 Å². The third-order valence-corrected chi connectivity index (χ3v) is 10.3. The van der Waals surface area contributed by atoms with Crippen LogP contribution in [0.2, 0.25) is 5.02 Å². The molecule has 46 heavy (non-hydrogen) atoms. The number of phenolic OH excluding ortho intramolecular Hbond substituents is 1. The topological polar surface area (TPSA) is 83.0 Å². The number of phenols is 1. The van der Waals surface area contributed by atoms with Gasteiger partial charge in [-0.05, 0) is 67.3 Å². The van der Waals surface area contributed by atoms with Crippen molar-refractivity contribution in [3.05, 3.63) is 52.6 Å². The van der Waals surface area contributed by atoms with Crippen LogP contribution in [-0.2, 0) is 4.74 Å². The molecule has 8 nitrogen and oxygen atoms in total. The number of piperazine rings is 1. The highest BCUT2D eigenvalue weighted by Gasteiger charge is 2.37. The molecule has 5 heterocycles. The number of fused-ring (bicyclic) bond motifs is 6. The molecule has 11 heteroatoms. The predicted octanol–water partition coefficient (Wildman–Crippen LogP) is 5.64. The van der Waals surface area contributed by atoms with Crippen molar-refractivity contribution in [1.82, 2.24) is 20.2 Å². The number of morpholine rings is 1. The summed E-state index contributed by atoms with van der Waals surface area (Å²) in [6.45, 7) is 4.23. The lowest BCUT2D eigenvalue weighted by Gasteiger charge is -2.34. The average Bonchev–Trinajstić information content (AvgIpc) is 3.49. The van der Waals surface area contributed by atoms with E-state index in [1.807, 2.05) is 0 Å². The van der Waals surface area contributed by atoms with E-state index >= 15 is 4.39 Å². The van der Waals surface area contributed by atoms with Crippen LogP contribution in [0.3, 0.4) is 0 Å². The molecule has 238 valence electrons. The first kappa shape index (κ1) is 29.6. The van der Waals surface area contributed by atoms with Gasteiger partial charge in [0.25, 0.3) is 0 Å². The van der Waals surface area contributed by atoms with Crippen LogP contribution in [0.4, 0.5) is 14.6 Å². The normalized spacial score (nSPS) is 24.2. The van der Waals surface area contributed by atoms with Gasteiger partial charge in [-0.15, -0.1) is 6.42 Å². The van der Waals surface area contributed by atoms with Crippen molar-refractivity contribution in [2.75, 3.05) is 44.4 Å². The second kappa shape index (κ2) is 11.8. The van der Waals surface area contributed by atoms with E-state index in [4.69, 9.17) is 32.5 Å². The van der Waals surface area contributed by atoms with Crippen LogP contribution in [0.1, 0.15) is 37.7 Å². The van der Waals surface area contributed by atoms with Crippen LogP contribution in [-0.4, -0.2) is 83.6 Å². The molecule has 0 radical (unpaired) electrons. The molecule has 4 aliphatic heterocycles. The smallest absolute Gasteiger partial charge is 0.319 e. The Hall–Kier alpha value is -3.75. The van der Waals surface area contributed by atoms with Gasteiger partial charge < -0.3 is 24.8 Å². The summed E-state index contributed by atoms with van der Waals surface area (Å²) < 4.78 is 43.6. The summed E-state index contributed by atoms with van der Waals surface area (Å²) in [5, 5.41) is 15.5. The van der Waals surface area contributed by atoms with E-state index in [2.05, 4.69) is 26.0 Å². The Labute approximate surface area is 270 Å². The fraction of sp³-hybridized carbons (Fsp3) is 0.429. The van der Waals surface area contributed by atoms with Gasteiger partial charge >= 0.3 is 6.01 Å².